The van der Waals surface area contributed by atoms with Crippen molar-refractivity contribution in [3.63, 3.8) is 0 Å². The van der Waals surface area contributed by atoms with Crippen LogP contribution in [-0.2, 0) is 16.0 Å². The van der Waals surface area contributed by atoms with Crippen LogP contribution in [0.1, 0.15) is 12.0 Å². The summed E-state index contributed by atoms with van der Waals surface area (Å²) in [6.07, 6.45) is 0.671. The summed E-state index contributed by atoms with van der Waals surface area (Å²) in [6, 6.07) is 21.9. The predicted molar refractivity (Wildman–Crippen MR) is 145 cm³/mol. The summed E-state index contributed by atoms with van der Waals surface area (Å²) in [5.41, 5.74) is 2.40. The van der Waals surface area contributed by atoms with E-state index in [0.29, 0.717) is 40.3 Å². The van der Waals surface area contributed by atoms with Gasteiger partial charge in [0.2, 0.25) is 11.8 Å². The number of anilines is 1. The Hall–Kier alpha value is -3.49. The Bertz CT molecular complexity index is 1230. The summed E-state index contributed by atoms with van der Waals surface area (Å²) in [5.74, 6) is 1.05. The second kappa shape index (κ2) is 12.0. The number of hydrogen-bond acceptors (Lipinski definition) is 6. The molecule has 0 spiro atoms. The Balaban J connectivity index is 1.49. The second-order valence-corrected chi connectivity index (χ2v) is 9.65. The van der Waals surface area contributed by atoms with Gasteiger partial charge in [0, 0.05) is 23.7 Å². The van der Waals surface area contributed by atoms with Gasteiger partial charge < -0.3 is 14.8 Å². The molecule has 4 rings (SSSR count). The number of amidine groups is 1. The van der Waals surface area contributed by atoms with Gasteiger partial charge >= 0.3 is 0 Å². The van der Waals surface area contributed by atoms with Crippen molar-refractivity contribution < 1.29 is 19.1 Å². The van der Waals surface area contributed by atoms with E-state index in [1.165, 1.54) is 11.8 Å². The lowest BCUT2D eigenvalue weighted by atomic mass is 10.1. The standard InChI is InChI=1S/C27H26ClN3O4S/c1-34-22-11-7-20(8-12-22)29-25(32)17-24-26(33)31(16-15-18-3-5-19(28)6-4-18)27(36-24)30-21-9-13-23(35-2)14-10-21/h3-14,24H,15-17H2,1-2H3,(H,29,32). The van der Waals surface area contributed by atoms with Crippen LogP contribution in [0.15, 0.2) is 77.8 Å². The Kier molecular flexibility index (Phi) is 8.51. The van der Waals surface area contributed by atoms with Crippen molar-refractivity contribution in [1.82, 2.24) is 4.90 Å². The zero-order valence-electron chi connectivity index (χ0n) is 19.9. The fourth-order valence-electron chi connectivity index (χ4n) is 3.64. The van der Waals surface area contributed by atoms with E-state index < -0.39 is 5.25 Å². The van der Waals surface area contributed by atoms with Crippen molar-refractivity contribution in [1.29, 1.82) is 0 Å². The Morgan fingerprint density at radius 3 is 2.19 bits per heavy atom. The molecule has 9 heteroatoms. The normalized spacial score (nSPS) is 16.3. The number of halogens is 1. The number of nitrogens with zero attached hydrogens (tertiary/aromatic N) is 2. The highest BCUT2D eigenvalue weighted by molar-refractivity contribution is 8.15. The average molecular weight is 524 g/mol. The van der Waals surface area contributed by atoms with E-state index in [1.54, 1.807) is 43.4 Å². The Morgan fingerprint density at radius 1 is 0.972 bits per heavy atom. The summed E-state index contributed by atoms with van der Waals surface area (Å²) in [6.45, 7) is 0.444. The molecule has 3 aromatic carbocycles. The number of amides is 2. The Labute approximate surface area is 219 Å². The molecule has 0 bridgehead atoms. The monoisotopic (exact) mass is 523 g/mol. The van der Waals surface area contributed by atoms with E-state index in [9.17, 15) is 9.59 Å². The van der Waals surface area contributed by atoms with Gasteiger partial charge in [0.25, 0.3) is 0 Å². The largest absolute Gasteiger partial charge is 0.497 e. The predicted octanol–water partition coefficient (Wildman–Crippen LogP) is 5.56. The van der Waals surface area contributed by atoms with Crippen molar-refractivity contribution in [3.8, 4) is 11.5 Å². The van der Waals surface area contributed by atoms with E-state index in [4.69, 9.17) is 26.1 Å². The van der Waals surface area contributed by atoms with Crippen LogP contribution in [0, 0.1) is 0 Å². The molecule has 1 N–H and O–H groups in total. The number of methoxy groups -OCH3 is 2. The molecule has 1 fully saturated rings. The third-order valence-corrected chi connectivity index (χ3v) is 7.03. The molecule has 1 saturated heterocycles. The Morgan fingerprint density at radius 2 is 1.58 bits per heavy atom. The van der Waals surface area contributed by atoms with Crippen LogP contribution < -0.4 is 14.8 Å². The second-order valence-electron chi connectivity index (χ2n) is 8.05. The number of ether oxygens (including phenoxy) is 2. The van der Waals surface area contributed by atoms with Gasteiger partial charge in [-0.1, -0.05) is 35.5 Å². The number of aliphatic imine (C=N–C) groups is 1. The van der Waals surface area contributed by atoms with Gasteiger partial charge in [0.1, 0.15) is 16.7 Å². The van der Waals surface area contributed by atoms with Gasteiger partial charge in [-0.25, -0.2) is 4.99 Å². The molecule has 0 aliphatic carbocycles. The van der Waals surface area contributed by atoms with E-state index in [0.717, 1.165) is 11.3 Å². The third-order valence-electron chi connectivity index (χ3n) is 5.60. The van der Waals surface area contributed by atoms with Crippen LogP contribution in [0.5, 0.6) is 11.5 Å². The quantitative estimate of drug-likeness (QED) is 0.397. The summed E-state index contributed by atoms with van der Waals surface area (Å²) in [7, 11) is 3.19. The van der Waals surface area contributed by atoms with Gasteiger partial charge in [0.05, 0.1) is 19.9 Å². The number of rotatable bonds is 9. The summed E-state index contributed by atoms with van der Waals surface area (Å²) < 4.78 is 10.4. The molecule has 186 valence electrons. The molecular weight excluding hydrogens is 498 g/mol. The molecule has 1 atom stereocenters. The summed E-state index contributed by atoms with van der Waals surface area (Å²) in [4.78, 5) is 32.4. The van der Waals surface area contributed by atoms with E-state index in [-0.39, 0.29) is 18.2 Å². The van der Waals surface area contributed by atoms with Gasteiger partial charge in [-0.05, 0) is 72.6 Å². The average Bonchev–Trinajstić information content (AvgIpc) is 3.17. The number of hydrogen-bond donors (Lipinski definition) is 1. The molecule has 0 saturated carbocycles. The molecule has 7 nitrogen and oxygen atoms in total. The van der Waals surface area contributed by atoms with Gasteiger partial charge in [0.15, 0.2) is 5.17 Å². The number of thioether (sulfide) groups is 1. The van der Waals surface area contributed by atoms with E-state index >= 15 is 0 Å². The zero-order valence-corrected chi connectivity index (χ0v) is 21.5. The molecule has 3 aromatic rings. The maximum atomic E-state index is 13.3. The third kappa shape index (κ3) is 6.59. The first-order valence-corrected chi connectivity index (χ1v) is 12.6. The zero-order chi connectivity index (χ0) is 25.5. The van der Waals surface area contributed by atoms with Crippen LogP contribution >= 0.6 is 23.4 Å². The topological polar surface area (TPSA) is 80.2 Å². The van der Waals surface area contributed by atoms with Crippen molar-refractivity contribution >= 4 is 51.7 Å². The first kappa shape index (κ1) is 25.6. The fraction of sp³-hybridized carbons (Fsp3) is 0.222. The van der Waals surface area contributed by atoms with Gasteiger partial charge in [-0.2, -0.15) is 0 Å². The number of carbonyl (C=O) groups is 2. The van der Waals surface area contributed by atoms with Crippen molar-refractivity contribution in [2.75, 3.05) is 26.1 Å². The molecule has 2 amide bonds. The maximum absolute atomic E-state index is 13.3. The minimum absolute atomic E-state index is 0.0363. The highest BCUT2D eigenvalue weighted by atomic mass is 35.5. The van der Waals surface area contributed by atoms with Crippen molar-refractivity contribution in [3.05, 3.63) is 83.4 Å². The molecule has 1 aliphatic heterocycles. The molecule has 0 aromatic heterocycles. The fourth-order valence-corrected chi connectivity index (χ4v) is 4.95. The van der Waals surface area contributed by atoms with Crippen LogP contribution in [-0.4, -0.2) is 47.9 Å². The lowest BCUT2D eigenvalue weighted by Crippen LogP contribution is -2.35. The van der Waals surface area contributed by atoms with Crippen LogP contribution in [0.25, 0.3) is 0 Å². The molecule has 1 unspecified atom stereocenters. The molecular formula is C27H26ClN3O4S. The number of benzene rings is 3. The number of nitrogens with one attached hydrogen (secondary N) is 1. The lowest BCUT2D eigenvalue weighted by molar-refractivity contribution is -0.128. The first-order chi connectivity index (χ1) is 17.4. The minimum Gasteiger partial charge on any atom is -0.497 e. The smallest absolute Gasteiger partial charge is 0.242 e. The van der Waals surface area contributed by atoms with E-state index in [2.05, 4.69) is 5.32 Å². The summed E-state index contributed by atoms with van der Waals surface area (Å²) >= 11 is 7.31. The highest BCUT2D eigenvalue weighted by Gasteiger charge is 2.39. The highest BCUT2D eigenvalue weighted by Crippen LogP contribution is 2.32. The van der Waals surface area contributed by atoms with Crippen molar-refractivity contribution in [2.45, 2.75) is 18.1 Å². The molecule has 0 radical (unpaired) electrons. The molecule has 1 heterocycles. The van der Waals surface area contributed by atoms with Gasteiger partial charge in [-0.15, -0.1) is 0 Å². The maximum Gasteiger partial charge on any atom is 0.242 e. The summed E-state index contributed by atoms with van der Waals surface area (Å²) in [5, 5.41) is 3.52. The molecule has 1 aliphatic rings. The lowest BCUT2D eigenvalue weighted by Gasteiger charge is -2.16. The van der Waals surface area contributed by atoms with E-state index in [1.807, 2.05) is 48.5 Å². The van der Waals surface area contributed by atoms with Crippen LogP contribution in [0.2, 0.25) is 5.02 Å². The minimum atomic E-state index is -0.564. The number of carbonyl (C=O) groups excluding carboxylic acids is 2. The van der Waals surface area contributed by atoms with Gasteiger partial charge in [-0.3, -0.25) is 14.5 Å². The SMILES string of the molecule is COc1ccc(N=C2SC(CC(=O)Nc3ccc(OC)cc3)C(=O)N2CCc2ccc(Cl)cc2)cc1. The first-order valence-electron chi connectivity index (χ1n) is 11.3. The molecule has 36 heavy (non-hydrogen) atoms. The van der Waals surface area contributed by atoms with Crippen LogP contribution in [0.3, 0.4) is 0 Å². The van der Waals surface area contributed by atoms with Crippen molar-refractivity contribution in [2.24, 2.45) is 4.99 Å². The van der Waals surface area contributed by atoms with Crippen LogP contribution in [0.4, 0.5) is 11.4 Å².